The van der Waals surface area contributed by atoms with Crippen molar-refractivity contribution in [3.05, 3.63) is 22.8 Å². The summed E-state index contributed by atoms with van der Waals surface area (Å²) in [5.41, 5.74) is 0.0736. The van der Waals surface area contributed by atoms with Gasteiger partial charge in [-0.25, -0.2) is 9.78 Å². The summed E-state index contributed by atoms with van der Waals surface area (Å²) < 4.78 is 0. The van der Waals surface area contributed by atoms with Crippen molar-refractivity contribution in [1.29, 1.82) is 0 Å². The number of halogens is 1. The van der Waals surface area contributed by atoms with Crippen molar-refractivity contribution in [2.24, 2.45) is 0 Å². The number of carboxylic acids is 1. The van der Waals surface area contributed by atoms with Crippen molar-refractivity contribution < 1.29 is 9.90 Å². The Hall–Kier alpha value is -1.73. The summed E-state index contributed by atoms with van der Waals surface area (Å²) in [5.74, 6) is 1.64. The standard InChI is InChI=1S/C9H7ClN2O2/c1-2-3-11-8-5-6(9(13)14)4-7(10)12-8/h1,4-5H,3H2,(H,11,12)(H,13,14). The van der Waals surface area contributed by atoms with E-state index >= 15 is 0 Å². The van der Waals surface area contributed by atoms with Gasteiger partial charge < -0.3 is 10.4 Å². The Kier molecular flexibility index (Phi) is 3.32. The molecule has 0 fully saturated rings. The number of hydrogen-bond acceptors (Lipinski definition) is 3. The Balaban J connectivity index is 2.96. The fraction of sp³-hybridized carbons (Fsp3) is 0.111. The first-order valence-electron chi connectivity index (χ1n) is 3.71. The molecule has 0 atom stereocenters. The van der Waals surface area contributed by atoms with E-state index in [1.165, 1.54) is 12.1 Å². The average Bonchev–Trinajstić information content (AvgIpc) is 2.14. The number of hydrogen-bond donors (Lipinski definition) is 2. The number of aromatic nitrogens is 1. The summed E-state index contributed by atoms with van der Waals surface area (Å²) in [6, 6.07) is 2.64. The minimum atomic E-state index is -1.06. The van der Waals surface area contributed by atoms with Crippen molar-refractivity contribution in [2.75, 3.05) is 11.9 Å². The summed E-state index contributed by atoms with van der Waals surface area (Å²) in [6.07, 6.45) is 5.02. The van der Waals surface area contributed by atoms with Crippen molar-refractivity contribution >= 4 is 23.4 Å². The number of aromatic carboxylic acids is 1. The van der Waals surface area contributed by atoms with E-state index in [9.17, 15) is 4.79 Å². The molecule has 0 saturated carbocycles. The molecule has 0 spiro atoms. The molecular weight excluding hydrogens is 204 g/mol. The quantitative estimate of drug-likeness (QED) is 0.586. The number of carboxylic acid groups (broad SMARTS) is 1. The number of anilines is 1. The van der Waals surface area contributed by atoms with Gasteiger partial charge in [-0.3, -0.25) is 0 Å². The smallest absolute Gasteiger partial charge is 0.335 e. The van der Waals surface area contributed by atoms with Gasteiger partial charge in [0.2, 0.25) is 0 Å². The summed E-state index contributed by atoms with van der Waals surface area (Å²) >= 11 is 5.61. The van der Waals surface area contributed by atoms with E-state index in [2.05, 4.69) is 16.2 Å². The van der Waals surface area contributed by atoms with Crippen LogP contribution in [0.4, 0.5) is 5.82 Å². The monoisotopic (exact) mass is 210 g/mol. The molecule has 0 aliphatic heterocycles. The van der Waals surface area contributed by atoms with Crippen LogP contribution < -0.4 is 5.32 Å². The van der Waals surface area contributed by atoms with Gasteiger partial charge in [0.05, 0.1) is 12.1 Å². The van der Waals surface area contributed by atoms with Crippen LogP contribution in [0.2, 0.25) is 5.15 Å². The van der Waals surface area contributed by atoms with Crippen molar-refractivity contribution in [3.8, 4) is 12.3 Å². The lowest BCUT2D eigenvalue weighted by atomic mass is 10.2. The summed E-state index contributed by atoms with van der Waals surface area (Å²) in [4.78, 5) is 14.5. The van der Waals surface area contributed by atoms with Crippen LogP contribution in [0.15, 0.2) is 12.1 Å². The van der Waals surface area contributed by atoms with Gasteiger partial charge >= 0.3 is 5.97 Å². The highest BCUT2D eigenvalue weighted by atomic mass is 35.5. The van der Waals surface area contributed by atoms with Gasteiger partial charge in [0.1, 0.15) is 11.0 Å². The van der Waals surface area contributed by atoms with E-state index in [4.69, 9.17) is 23.1 Å². The molecule has 1 rings (SSSR count). The Morgan fingerprint density at radius 2 is 2.43 bits per heavy atom. The second kappa shape index (κ2) is 4.49. The zero-order valence-electron chi connectivity index (χ0n) is 7.12. The molecular formula is C9H7ClN2O2. The average molecular weight is 211 g/mol. The zero-order chi connectivity index (χ0) is 10.6. The first-order chi connectivity index (χ1) is 6.63. The Morgan fingerprint density at radius 1 is 1.71 bits per heavy atom. The molecule has 0 unspecified atom stereocenters. The van der Waals surface area contributed by atoms with Crippen LogP contribution in [0.5, 0.6) is 0 Å². The molecule has 0 amide bonds. The van der Waals surface area contributed by atoms with Crippen molar-refractivity contribution in [1.82, 2.24) is 4.98 Å². The minimum Gasteiger partial charge on any atom is -0.478 e. The third kappa shape index (κ3) is 2.64. The molecule has 0 radical (unpaired) electrons. The lowest BCUT2D eigenvalue weighted by Gasteiger charge is -2.03. The van der Waals surface area contributed by atoms with Crippen LogP contribution in [0.1, 0.15) is 10.4 Å². The fourth-order valence-electron chi connectivity index (χ4n) is 0.853. The molecule has 0 aromatic carbocycles. The zero-order valence-corrected chi connectivity index (χ0v) is 7.88. The Morgan fingerprint density at radius 3 is 3.00 bits per heavy atom. The van der Waals surface area contributed by atoms with E-state index in [0.29, 0.717) is 5.82 Å². The maximum absolute atomic E-state index is 10.6. The predicted molar refractivity (Wildman–Crippen MR) is 53.5 cm³/mol. The first-order valence-corrected chi connectivity index (χ1v) is 4.09. The number of nitrogens with one attached hydrogen (secondary N) is 1. The largest absolute Gasteiger partial charge is 0.478 e. The first kappa shape index (κ1) is 10.4. The molecule has 1 aromatic heterocycles. The molecule has 2 N–H and O–H groups in total. The summed E-state index contributed by atoms with van der Waals surface area (Å²) in [6.45, 7) is 0.270. The van der Waals surface area contributed by atoms with Gasteiger partial charge in [-0.15, -0.1) is 6.42 Å². The van der Waals surface area contributed by atoms with Gasteiger partial charge in [-0.1, -0.05) is 17.5 Å². The van der Waals surface area contributed by atoms with E-state index in [1.807, 2.05) is 0 Å². The van der Waals surface area contributed by atoms with E-state index in [0.717, 1.165) is 0 Å². The maximum Gasteiger partial charge on any atom is 0.335 e. The number of nitrogens with zero attached hydrogens (tertiary/aromatic N) is 1. The molecule has 0 aliphatic carbocycles. The molecule has 72 valence electrons. The Labute approximate surface area is 85.9 Å². The van der Waals surface area contributed by atoms with E-state index < -0.39 is 5.97 Å². The highest BCUT2D eigenvalue weighted by Gasteiger charge is 2.06. The highest BCUT2D eigenvalue weighted by Crippen LogP contribution is 2.14. The van der Waals surface area contributed by atoms with Crippen LogP contribution in [0, 0.1) is 12.3 Å². The van der Waals surface area contributed by atoms with Crippen LogP contribution in [0.3, 0.4) is 0 Å². The van der Waals surface area contributed by atoms with Crippen LogP contribution in [-0.4, -0.2) is 22.6 Å². The second-order valence-corrected chi connectivity index (χ2v) is 2.81. The van der Waals surface area contributed by atoms with Gasteiger partial charge in [0.15, 0.2) is 0 Å². The normalized spacial score (nSPS) is 9.14. The third-order valence-corrected chi connectivity index (χ3v) is 1.61. The molecule has 4 nitrogen and oxygen atoms in total. The number of pyridine rings is 1. The Bertz CT molecular complexity index is 398. The molecule has 14 heavy (non-hydrogen) atoms. The number of terminal acetylenes is 1. The van der Waals surface area contributed by atoms with Gasteiger partial charge in [-0.2, -0.15) is 0 Å². The van der Waals surface area contributed by atoms with Gasteiger partial charge in [0, 0.05) is 0 Å². The summed E-state index contributed by atoms with van der Waals surface area (Å²) in [7, 11) is 0. The van der Waals surface area contributed by atoms with Crippen LogP contribution in [0.25, 0.3) is 0 Å². The summed E-state index contributed by atoms with van der Waals surface area (Å²) in [5, 5.41) is 11.6. The topological polar surface area (TPSA) is 62.2 Å². The van der Waals surface area contributed by atoms with E-state index in [1.54, 1.807) is 0 Å². The van der Waals surface area contributed by atoms with Gasteiger partial charge in [-0.05, 0) is 12.1 Å². The van der Waals surface area contributed by atoms with Crippen LogP contribution >= 0.6 is 11.6 Å². The molecule has 0 saturated heterocycles. The molecule has 1 aromatic rings. The van der Waals surface area contributed by atoms with Crippen LogP contribution in [-0.2, 0) is 0 Å². The maximum atomic E-state index is 10.6. The second-order valence-electron chi connectivity index (χ2n) is 2.43. The molecule has 0 aliphatic rings. The lowest BCUT2D eigenvalue weighted by Crippen LogP contribution is -2.04. The predicted octanol–water partition coefficient (Wildman–Crippen LogP) is 1.48. The van der Waals surface area contributed by atoms with Crippen molar-refractivity contribution in [3.63, 3.8) is 0 Å². The third-order valence-electron chi connectivity index (χ3n) is 1.41. The van der Waals surface area contributed by atoms with E-state index in [-0.39, 0.29) is 17.3 Å². The minimum absolute atomic E-state index is 0.0736. The highest BCUT2D eigenvalue weighted by molar-refractivity contribution is 6.29. The lowest BCUT2D eigenvalue weighted by molar-refractivity contribution is 0.0697. The molecule has 0 bridgehead atoms. The molecule has 1 heterocycles. The SMILES string of the molecule is C#CCNc1cc(C(=O)O)cc(Cl)n1. The van der Waals surface area contributed by atoms with Crippen molar-refractivity contribution in [2.45, 2.75) is 0 Å². The molecule has 5 heteroatoms. The number of carbonyl (C=O) groups is 1. The fourth-order valence-corrected chi connectivity index (χ4v) is 1.06. The van der Waals surface area contributed by atoms with Gasteiger partial charge in [0.25, 0.3) is 0 Å². The number of rotatable bonds is 3.